The van der Waals surface area contributed by atoms with E-state index in [2.05, 4.69) is 15.6 Å². The van der Waals surface area contributed by atoms with Crippen LogP contribution in [0.15, 0.2) is 188 Å². The molecule has 3 aliphatic heterocycles. The third kappa shape index (κ3) is 14.3. The standard InChI is InChI=1S/C83H82F5N11O9/c1-48(2)74(78(103)97-42-60(101)37-70(97)77(102)89-69(45-100)54-34-32-52(33-35-54)61-26-18-19-27-65(61)84)98-44-68(92-94-98)53-30-28-51(29-31-53)47-106-75-72(71-50(4)66(85)39-67-63(71)43-99(93-67)82(55-20-12-9-13-21-55,56-22-14-10-15-23-56)57-24-16-11-17-25-57)64(83(86,87)88)38-62-73(75)90-79(107-46-49(3)105-8)91-76(62)95-40-59-36-58(95)41-96(59)80(104)108-81(5,6)7/h9-35,38-39,43-44,48-49,58-60,69-70,74,100-101H,36-37,40-42,45-47H2,1-8H3,(H,89,102)/t49-,58-,59-,60+,69-,70-,74-/m0/s1. The molecule has 0 spiro atoms. The van der Waals surface area contributed by atoms with E-state index in [9.17, 15) is 29.0 Å². The van der Waals surface area contributed by atoms with Crippen molar-refractivity contribution in [1.29, 1.82) is 0 Å². The smallest absolute Gasteiger partial charge is 0.417 e. The van der Waals surface area contributed by atoms with Crippen molar-refractivity contribution in [2.24, 2.45) is 5.92 Å². The summed E-state index contributed by atoms with van der Waals surface area (Å²) in [7, 11) is 1.50. The van der Waals surface area contributed by atoms with Crippen molar-refractivity contribution in [3.63, 3.8) is 0 Å². The Morgan fingerprint density at radius 1 is 0.694 bits per heavy atom. The van der Waals surface area contributed by atoms with Gasteiger partial charge in [0.25, 0.3) is 0 Å². The van der Waals surface area contributed by atoms with Gasteiger partial charge in [-0.2, -0.15) is 28.2 Å². The van der Waals surface area contributed by atoms with Crippen molar-refractivity contribution in [2.45, 2.75) is 128 Å². The Labute approximate surface area is 620 Å². The molecule has 3 saturated heterocycles. The van der Waals surface area contributed by atoms with E-state index in [1.165, 1.54) is 35.7 Å². The van der Waals surface area contributed by atoms with Gasteiger partial charge in [-0.15, -0.1) is 5.10 Å². The molecule has 0 aliphatic carbocycles. The van der Waals surface area contributed by atoms with Crippen molar-refractivity contribution in [1.82, 2.24) is 49.9 Å². The Bertz CT molecular complexity index is 5020. The molecule has 14 rings (SSSR count). The van der Waals surface area contributed by atoms with Gasteiger partial charge in [0, 0.05) is 78.5 Å². The monoisotopic (exact) mass is 1470 g/mol. The lowest BCUT2D eigenvalue weighted by atomic mass is 9.77. The van der Waals surface area contributed by atoms with Crippen LogP contribution in [-0.4, -0.2) is 149 Å². The molecular formula is C83H82F5N11O9. The van der Waals surface area contributed by atoms with Crippen LogP contribution in [0.4, 0.5) is 32.6 Å². The van der Waals surface area contributed by atoms with Gasteiger partial charge in [0.15, 0.2) is 5.75 Å². The maximum absolute atomic E-state index is 17.4. The third-order valence-electron chi connectivity index (χ3n) is 20.6. The molecule has 7 atom stereocenters. The fourth-order valence-electron chi connectivity index (χ4n) is 15.2. The minimum atomic E-state index is -5.17. The Hall–Kier alpha value is -11.2. The lowest BCUT2D eigenvalue weighted by Gasteiger charge is -2.36. The Balaban J connectivity index is 0.843. The van der Waals surface area contributed by atoms with Crippen LogP contribution < -0.4 is 19.7 Å². The van der Waals surface area contributed by atoms with Crippen molar-refractivity contribution in [3.05, 3.63) is 239 Å². The highest BCUT2D eigenvalue weighted by atomic mass is 19.4. The number of aliphatic hydroxyl groups excluding tert-OH is 2. The number of hydrogen-bond acceptors (Lipinski definition) is 15. The summed E-state index contributed by atoms with van der Waals surface area (Å²) in [6, 6.07) is 46.7. The topological polar surface area (TPSA) is 225 Å². The number of fused-ring (bicyclic) bond motifs is 4. The number of halogens is 5. The number of carbonyl (C=O) groups excluding carboxylic acids is 3. The van der Waals surface area contributed by atoms with Crippen LogP contribution in [0, 0.1) is 24.5 Å². The molecule has 3 amide bonds. The number of ether oxygens (including phenoxy) is 4. The van der Waals surface area contributed by atoms with Gasteiger partial charge in [0.05, 0.1) is 54.2 Å². The normalized spacial score (nSPS) is 17.6. The van der Waals surface area contributed by atoms with Gasteiger partial charge >= 0.3 is 18.3 Å². The first-order chi connectivity index (χ1) is 51.8. The second kappa shape index (κ2) is 29.9. The third-order valence-corrected chi connectivity index (χ3v) is 20.6. The molecule has 0 saturated carbocycles. The van der Waals surface area contributed by atoms with Crippen LogP contribution >= 0.6 is 0 Å². The maximum atomic E-state index is 17.4. The number of nitrogens with one attached hydrogen (secondary N) is 1. The van der Waals surface area contributed by atoms with Gasteiger partial charge in [0.1, 0.15) is 65.1 Å². The zero-order valence-electron chi connectivity index (χ0n) is 60.8. The molecule has 3 aliphatic rings. The van der Waals surface area contributed by atoms with Crippen molar-refractivity contribution in [2.75, 3.05) is 44.9 Å². The van der Waals surface area contributed by atoms with E-state index < -0.39 is 113 Å². The average Bonchev–Trinajstić information content (AvgIpc) is 1.40. The number of anilines is 1. The van der Waals surface area contributed by atoms with Crippen LogP contribution in [0.1, 0.15) is 105 Å². The number of methoxy groups -OCH3 is 1. The highest BCUT2D eigenvalue weighted by Crippen LogP contribution is 2.53. The number of benzene rings is 8. The zero-order valence-corrected chi connectivity index (χ0v) is 60.8. The predicted molar refractivity (Wildman–Crippen MR) is 397 cm³/mol. The van der Waals surface area contributed by atoms with Crippen LogP contribution in [0.25, 0.3) is 55.3 Å². The quantitative estimate of drug-likeness (QED) is 0.0424. The molecular weight excluding hydrogens is 1390 g/mol. The van der Waals surface area contributed by atoms with Crippen molar-refractivity contribution < 1.29 is 65.5 Å². The predicted octanol–water partition coefficient (Wildman–Crippen LogP) is 14.2. The summed E-state index contributed by atoms with van der Waals surface area (Å²) < 4.78 is 111. The number of aliphatic hydroxyl groups is 2. The zero-order chi connectivity index (χ0) is 76.1. The van der Waals surface area contributed by atoms with Crippen LogP contribution in [-0.2, 0) is 37.4 Å². The fourth-order valence-corrected chi connectivity index (χ4v) is 15.2. The Morgan fingerprint density at radius 3 is 1.93 bits per heavy atom. The summed E-state index contributed by atoms with van der Waals surface area (Å²) in [5, 5.41) is 38.6. The highest BCUT2D eigenvalue weighted by Gasteiger charge is 2.50. The highest BCUT2D eigenvalue weighted by molar-refractivity contribution is 6.06. The van der Waals surface area contributed by atoms with Gasteiger partial charge in [0.2, 0.25) is 11.8 Å². The average molecular weight is 1470 g/mol. The summed E-state index contributed by atoms with van der Waals surface area (Å²) in [4.78, 5) is 57.3. The molecule has 558 valence electrons. The van der Waals surface area contributed by atoms with Crippen molar-refractivity contribution in [3.8, 4) is 45.3 Å². The summed E-state index contributed by atoms with van der Waals surface area (Å²) in [6.07, 6.45) is -3.59. The molecule has 3 fully saturated rings. The van der Waals surface area contributed by atoms with E-state index in [1.54, 1.807) is 116 Å². The molecule has 2 bridgehead atoms. The molecule has 0 radical (unpaired) electrons. The van der Waals surface area contributed by atoms with Gasteiger partial charge in [-0.3, -0.25) is 14.3 Å². The van der Waals surface area contributed by atoms with E-state index in [0.717, 1.165) is 22.8 Å². The van der Waals surface area contributed by atoms with E-state index in [1.807, 2.05) is 110 Å². The number of piperazine rings is 1. The van der Waals surface area contributed by atoms with Crippen LogP contribution in [0.3, 0.4) is 0 Å². The molecule has 108 heavy (non-hydrogen) atoms. The van der Waals surface area contributed by atoms with Crippen LogP contribution in [0.5, 0.6) is 11.8 Å². The Kier molecular flexibility index (Phi) is 20.4. The Morgan fingerprint density at radius 2 is 1.33 bits per heavy atom. The molecule has 25 heteroatoms. The second-order valence-electron chi connectivity index (χ2n) is 29.2. The first kappa shape index (κ1) is 73.7. The number of aromatic nitrogens is 7. The van der Waals surface area contributed by atoms with E-state index in [0.29, 0.717) is 39.9 Å². The maximum Gasteiger partial charge on any atom is 0.417 e. The number of carbonyl (C=O) groups is 3. The molecule has 6 heterocycles. The molecule has 8 aromatic carbocycles. The lowest BCUT2D eigenvalue weighted by Crippen LogP contribution is -2.50. The molecule has 20 nitrogen and oxygen atoms in total. The summed E-state index contributed by atoms with van der Waals surface area (Å²) in [6.45, 7) is 11.4. The van der Waals surface area contributed by atoms with Gasteiger partial charge in [-0.1, -0.05) is 177 Å². The number of rotatable bonds is 22. The largest absolute Gasteiger partial charge is 0.486 e. The first-order valence-corrected chi connectivity index (χ1v) is 35.9. The number of likely N-dealkylation sites (tertiary alicyclic amines) is 2. The SMILES string of the molecule is CO[C@@H](C)COc1nc(N2C[C@@H]3C[C@H]2CN3C(=O)OC(C)(C)C)c2cc(C(F)(F)F)c(-c3c(C)c(F)cc4nn(C(c5ccccc5)(c5ccccc5)c5ccccc5)cc34)c(OCc3ccc(-c4cn([C@H](C(=O)N5C[C@H](O)C[C@H]5C(=O)N[C@@H](CO)c5ccc(-c6ccccc6F)cc5)C(C)C)nn4)cc3)c2n1. The summed E-state index contributed by atoms with van der Waals surface area (Å²) in [5.41, 5.74) is 0.941. The number of amides is 3. The summed E-state index contributed by atoms with van der Waals surface area (Å²) in [5.74, 6) is -3.07. The minimum Gasteiger partial charge on any atom is -0.486 e. The molecule has 3 N–H and O–H groups in total. The molecule has 0 unspecified atom stereocenters. The van der Waals surface area contributed by atoms with Gasteiger partial charge < -0.3 is 49.2 Å². The van der Waals surface area contributed by atoms with Gasteiger partial charge in [-0.25, -0.2) is 18.3 Å². The summed E-state index contributed by atoms with van der Waals surface area (Å²) >= 11 is 0. The van der Waals surface area contributed by atoms with Crippen molar-refractivity contribution >= 4 is 45.5 Å². The number of hydrogen-bond donors (Lipinski definition) is 3. The molecule has 3 aromatic heterocycles. The van der Waals surface area contributed by atoms with E-state index >= 15 is 17.6 Å². The van der Waals surface area contributed by atoms with E-state index in [-0.39, 0.29) is 89.8 Å². The fraction of sp³-hybridized carbons (Fsp3) is 0.325. The van der Waals surface area contributed by atoms with Crippen LogP contribution in [0.2, 0.25) is 0 Å². The van der Waals surface area contributed by atoms with Gasteiger partial charge in [-0.05, 0) is 98.0 Å². The lowest BCUT2D eigenvalue weighted by molar-refractivity contribution is -0.142. The minimum absolute atomic E-state index is 0.0394. The first-order valence-electron chi connectivity index (χ1n) is 35.9. The number of alkyl halides is 3. The number of nitrogens with zero attached hydrogens (tertiary/aromatic N) is 10. The van der Waals surface area contributed by atoms with E-state index in [4.69, 9.17) is 34.0 Å². The molecule has 11 aromatic rings. The second-order valence-corrected chi connectivity index (χ2v) is 29.2. The number of β-amino-alcohol motifs (C(OH)–C–C–N with tert-alkyl or cyclic N) is 1.